The molecule has 118 valence electrons. The maximum atomic E-state index is 12.4. The molecule has 20 heavy (non-hydrogen) atoms. The Bertz CT molecular complexity index is 419. The molecule has 2 heterocycles. The number of hydrogen-bond donors (Lipinski definition) is 1. The van der Waals surface area contributed by atoms with Gasteiger partial charge in [-0.2, -0.15) is 17.0 Å². The lowest BCUT2D eigenvalue weighted by Gasteiger charge is -2.30. The van der Waals surface area contributed by atoms with E-state index in [1.54, 1.807) is 0 Å². The molecular weight excluding hydrogens is 278 g/mol. The number of β-amino-alcohol motifs (C(OH)–C–C–N with tert-alkyl or cyclic N) is 1. The predicted octanol–water partition coefficient (Wildman–Crippen LogP) is 0.106. The number of likely N-dealkylation sites (tertiary alicyclic amines) is 1. The first-order valence-electron chi connectivity index (χ1n) is 7.61. The van der Waals surface area contributed by atoms with Crippen molar-refractivity contribution in [1.82, 2.24) is 13.5 Å². The summed E-state index contributed by atoms with van der Waals surface area (Å²) in [7, 11) is -3.42. The van der Waals surface area contributed by atoms with E-state index in [4.69, 9.17) is 0 Å². The molecule has 2 saturated heterocycles. The highest BCUT2D eigenvalue weighted by molar-refractivity contribution is 7.86. The third-order valence-electron chi connectivity index (χ3n) is 4.37. The van der Waals surface area contributed by atoms with Crippen molar-refractivity contribution in [3.63, 3.8) is 0 Å². The number of hydrogen-bond acceptors (Lipinski definition) is 4. The normalized spacial score (nSPS) is 29.6. The minimum atomic E-state index is -3.42. The van der Waals surface area contributed by atoms with Gasteiger partial charge in [0.05, 0.1) is 5.60 Å². The molecule has 0 aromatic heterocycles. The average Bonchev–Trinajstić information content (AvgIpc) is 3.01. The van der Waals surface area contributed by atoms with Crippen molar-refractivity contribution < 1.29 is 13.5 Å². The van der Waals surface area contributed by atoms with E-state index in [-0.39, 0.29) is 6.54 Å². The molecule has 6 nitrogen and oxygen atoms in total. The van der Waals surface area contributed by atoms with Crippen molar-refractivity contribution in [2.24, 2.45) is 0 Å². The van der Waals surface area contributed by atoms with Gasteiger partial charge < -0.3 is 10.0 Å². The van der Waals surface area contributed by atoms with Gasteiger partial charge in [0.1, 0.15) is 0 Å². The first-order chi connectivity index (χ1) is 9.41. The van der Waals surface area contributed by atoms with Gasteiger partial charge in [-0.1, -0.05) is 13.8 Å². The van der Waals surface area contributed by atoms with E-state index in [1.165, 1.54) is 21.5 Å². The van der Waals surface area contributed by atoms with Gasteiger partial charge in [0.15, 0.2) is 0 Å². The minimum Gasteiger partial charge on any atom is -0.387 e. The van der Waals surface area contributed by atoms with E-state index >= 15 is 0 Å². The van der Waals surface area contributed by atoms with Crippen LogP contribution < -0.4 is 0 Å². The second-order valence-electron chi connectivity index (χ2n) is 5.88. The van der Waals surface area contributed by atoms with Crippen LogP contribution in [0.3, 0.4) is 0 Å². The Hall–Kier alpha value is -0.210. The second-order valence-corrected chi connectivity index (χ2v) is 7.81. The summed E-state index contributed by atoms with van der Waals surface area (Å²) in [5.74, 6) is 0. The Labute approximate surface area is 122 Å². The Morgan fingerprint density at radius 3 is 2.30 bits per heavy atom. The Balaban J connectivity index is 2.00. The first-order valence-corrected chi connectivity index (χ1v) is 9.01. The lowest BCUT2D eigenvalue weighted by Crippen LogP contribution is -2.47. The molecule has 0 aromatic carbocycles. The fraction of sp³-hybridized carbons (Fsp3) is 1.00. The highest BCUT2D eigenvalue weighted by Gasteiger charge is 2.43. The van der Waals surface area contributed by atoms with Crippen molar-refractivity contribution in [2.45, 2.75) is 38.7 Å². The summed E-state index contributed by atoms with van der Waals surface area (Å²) < 4.78 is 27.8. The third-order valence-corrected chi connectivity index (χ3v) is 6.51. The van der Waals surface area contributed by atoms with Gasteiger partial charge in [0, 0.05) is 32.7 Å². The predicted molar refractivity (Wildman–Crippen MR) is 78.7 cm³/mol. The highest BCUT2D eigenvalue weighted by Crippen LogP contribution is 2.27. The zero-order chi connectivity index (χ0) is 14.8. The van der Waals surface area contributed by atoms with E-state index in [1.807, 2.05) is 13.8 Å². The molecule has 0 unspecified atom stereocenters. The molecule has 0 saturated carbocycles. The average molecular weight is 305 g/mol. The third kappa shape index (κ3) is 3.33. The molecule has 7 heteroatoms. The standard InChI is InChI=1S/C13H27N3O3S/c1-3-15(4-2)20(18,19)16-10-7-13(17,12-16)11-14-8-5-6-9-14/h17H,3-12H2,1-2H3/t13-/m1/s1. The van der Waals surface area contributed by atoms with Crippen LogP contribution in [0.25, 0.3) is 0 Å². The highest BCUT2D eigenvalue weighted by atomic mass is 32.2. The van der Waals surface area contributed by atoms with Gasteiger partial charge in [0.25, 0.3) is 10.2 Å². The maximum absolute atomic E-state index is 12.4. The fourth-order valence-corrected chi connectivity index (χ4v) is 4.92. The largest absolute Gasteiger partial charge is 0.387 e. The van der Waals surface area contributed by atoms with Crippen molar-refractivity contribution >= 4 is 10.2 Å². The molecule has 0 radical (unpaired) electrons. The van der Waals surface area contributed by atoms with E-state index in [0.717, 1.165) is 13.1 Å². The van der Waals surface area contributed by atoms with E-state index < -0.39 is 15.8 Å². The van der Waals surface area contributed by atoms with Crippen molar-refractivity contribution in [3.8, 4) is 0 Å². The molecule has 1 N–H and O–H groups in total. The molecular formula is C13H27N3O3S. The van der Waals surface area contributed by atoms with Crippen LogP contribution in [0.5, 0.6) is 0 Å². The van der Waals surface area contributed by atoms with E-state index in [2.05, 4.69) is 4.90 Å². The topological polar surface area (TPSA) is 64.1 Å². The van der Waals surface area contributed by atoms with E-state index in [0.29, 0.717) is 32.6 Å². The Morgan fingerprint density at radius 1 is 1.15 bits per heavy atom. The molecule has 0 spiro atoms. The molecule has 0 aliphatic carbocycles. The SMILES string of the molecule is CCN(CC)S(=O)(=O)N1CC[C@@](O)(CN2CCCC2)C1. The summed E-state index contributed by atoms with van der Waals surface area (Å²) in [6.45, 7) is 7.90. The van der Waals surface area contributed by atoms with E-state index in [9.17, 15) is 13.5 Å². The molecule has 0 bridgehead atoms. The van der Waals surface area contributed by atoms with Crippen LogP contribution in [0.15, 0.2) is 0 Å². The van der Waals surface area contributed by atoms with Crippen molar-refractivity contribution in [2.75, 3.05) is 45.8 Å². The summed E-state index contributed by atoms with van der Waals surface area (Å²) >= 11 is 0. The van der Waals surface area contributed by atoms with Crippen LogP contribution in [0.4, 0.5) is 0 Å². The molecule has 2 rings (SSSR count). The molecule has 0 amide bonds. The summed E-state index contributed by atoms with van der Waals surface area (Å²) in [5, 5.41) is 10.6. The minimum absolute atomic E-state index is 0.225. The Morgan fingerprint density at radius 2 is 1.75 bits per heavy atom. The maximum Gasteiger partial charge on any atom is 0.282 e. The zero-order valence-corrected chi connectivity index (χ0v) is 13.4. The van der Waals surface area contributed by atoms with Gasteiger partial charge in [-0.05, 0) is 32.4 Å². The fourth-order valence-electron chi connectivity index (χ4n) is 3.22. The number of rotatable bonds is 6. The van der Waals surface area contributed by atoms with Gasteiger partial charge >= 0.3 is 0 Å². The lowest BCUT2D eigenvalue weighted by atomic mass is 10.0. The quantitative estimate of drug-likeness (QED) is 0.756. The Kier molecular flexibility index (Phi) is 5.07. The number of aliphatic hydroxyl groups is 1. The van der Waals surface area contributed by atoms with Gasteiger partial charge in [-0.3, -0.25) is 0 Å². The van der Waals surface area contributed by atoms with Crippen molar-refractivity contribution in [1.29, 1.82) is 0 Å². The monoisotopic (exact) mass is 305 g/mol. The molecule has 1 atom stereocenters. The van der Waals surface area contributed by atoms with Gasteiger partial charge in [-0.25, -0.2) is 0 Å². The van der Waals surface area contributed by atoms with Crippen LogP contribution in [-0.2, 0) is 10.2 Å². The van der Waals surface area contributed by atoms with Crippen LogP contribution >= 0.6 is 0 Å². The van der Waals surface area contributed by atoms with Crippen LogP contribution in [0, 0.1) is 0 Å². The second kappa shape index (κ2) is 6.27. The molecule has 2 aliphatic heterocycles. The smallest absolute Gasteiger partial charge is 0.282 e. The van der Waals surface area contributed by atoms with Gasteiger partial charge in [0.2, 0.25) is 0 Å². The molecule has 2 fully saturated rings. The first kappa shape index (κ1) is 16.2. The van der Waals surface area contributed by atoms with Gasteiger partial charge in [-0.15, -0.1) is 0 Å². The number of nitrogens with zero attached hydrogens (tertiary/aromatic N) is 3. The molecule has 0 aromatic rings. The summed E-state index contributed by atoms with van der Waals surface area (Å²) in [4.78, 5) is 2.24. The summed E-state index contributed by atoms with van der Waals surface area (Å²) in [5.41, 5.74) is -0.884. The van der Waals surface area contributed by atoms with Crippen LogP contribution in [0.2, 0.25) is 0 Å². The summed E-state index contributed by atoms with van der Waals surface area (Å²) in [6, 6.07) is 0. The lowest BCUT2D eigenvalue weighted by molar-refractivity contribution is 0.0229. The zero-order valence-electron chi connectivity index (χ0n) is 12.6. The van der Waals surface area contributed by atoms with Crippen molar-refractivity contribution in [3.05, 3.63) is 0 Å². The van der Waals surface area contributed by atoms with Crippen LogP contribution in [0.1, 0.15) is 33.1 Å². The summed E-state index contributed by atoms with van der Waals surface area (Å²) in [6.07, 6.45) is 2.89. The molecule has 2 aliphatic rings. The van der Waals surface area contributed by atoms with Crippen LogP contribution in [-0.4, -0.2) is 78.4 Å².